The van der Waals surface area contributed by atoms with Gasteiger partial charge in [-0.2, -0.15) is 0 Å². The minimum absolute atomic E-state index is 0.0900. The van der Waals surface area contributed by atoms with Crippen LogP contribution in [0.25, 0.3) is 0 Å². The van der Waals surface area contributed by atoms with E-state index in [9.17, 15) is 9.90 Å². The van der Waals surface area contributed by atoms with Gasteiger partial charge in [-0.25, -0.2) is 0 Å². The molecule has 1 saturated heterocycles. The maximum Gasteiger partial charge on any atom is 0.293 e. The molecule has 150 valence electrons. The van der Waals surface area contributed by atoms with Gasteiger partial charge in [0.25, 0.3) is 5.56 Å². The highest BCUT2D eigenvalue weighted by molar-refractivity contribution is 5.29. The van der Waals surface area contributed by atoms with Crippen LogP contribution in [0.1, 0.15) is 56.1 Å². The summed E-state index contributed by atoms with van der Waals surface area (Å²) in [6.45, 7) is 3.31. The van der Waals surface area contributed by atoms with Crippen LogP contribution in [0.4, 0.5) is 0 Å². The fourth-order valence-electron chi connectivity index (χ4n) is 5.06. The molecule has 2 fully saturated rings. The normalized spacial score (nSPS) is 19.7. The Hall–Kier alpha value is -2.07. The number of hydrogen-bond acceptors (Lipinski definition) is 3. The maximum absolute atomic E-state index is 12.6. The zero-order valence-corrected chi connectivity index (χ0v) is 16.7. The highest BCUT2D eigenvalue weighted by Crippen LogP contribution is 2.35. The predicted molar refractivity (Wildman–Crippen MR) is 112 cm³/mol. The van der Waals surface area contributed by atoms with Crippen LogP contribution in [0.15, 0.2) is 47.4 Å². The van der Waals surface area contributed by atoms with Gasteiger partial charge < -0.3 is 9.67 Å². The topological polar surface area (TPSA) is 45.5 Å². The van der Waals surface area contributed by atoms with Gasteiger partial charge in [0.05, 0.1) is 6.54 Å². The standard InChI is InChI=1S/C24H32N2O2/c27-23-22(13-16-26(24(23)28)17-19-7-3-1-4-8-19)18-25-14-11-21(12-15-25)20-9-5-2-6-10-20/h1,3-4,7-8,13,16,20-21,27H,2,5-6,9-12,14-15,17-18H2. The first-order chi connectivity index (χ1) is 13.7. The van der Waals surface area contributed by atoms with Gasteiger partial charge in [-0.15, -0.1) is 0 Å². The molecule has 1 N–H and O–H groups in total. The zero-order valence-electron chi connectivity index (χ0n) is 16.7. The molecule has 1 aromatic carbocycles. The van der Waals surface area contributed by atoms with E-state index in [1.165, 1.54) is 44.9 Å². The van der Waals surface area contributed by atoms with Crippen molar-refractivity contribution in [2.24, 2.45) is 11.8 Å². The second-order valence-corrected chi connectivity index (χ2v) is 8.62. The van der Waals surface area contributed by atoms with E-state index in [1.54, 1.807) is 4.57 Å². The average Bonchev–Trinajstić information content (AvgIpc) is 2.75. The largest absolute Gasteiger partial charge is 0.503 e. The summed E-state index contributed by atoms with van der Waals surface area (Å²) in [5.74, 6) is 1.73. The number of benzene rings is 1. The van der Waals surface area contributed by atoms with Crippen molar-refractivity contribution < 1.29 is 5.11 Å². The molecule has 1 aromatic heterocycles. The average molecular weight is 381 g/mol. The smallest absolute Gasteiger partial charge is 0.293 e. The summed E-state index contributed by atoms with van der Waals surface area (Å²) < 4.78 is 1.59. The van der Waals surface area contributed by atoms with Crippen molar-refractivity contribution in [2.45, 2.75) is 58.0 Å². The second-order valence-electron chi connectivity index (χ2n) is 8.62. The lowest BCUT2D eigenvalue weighted by Crippen LogP contribution is -2.36. The number of nitrogens with zero attached hydrogens (tertiary/aromatic N) is 2. The third-order valence-electron chi connectivity index (χ3n) is 6.76. The molecule has 0 spiro atoms. The minimum atomic E-state index is -0.293. The van der Waals surface area contributed by atoms with Crippen molar-refractivity contribution >= 4 is 0 Å². The van der Waals surface area contributed by atoms with E-state index in [1.807, 2.05) is 42.6 Å². The van der Waals surface area contributed by atoms with Gasteiger partial charge in [0.2, 0.25) is 0 Å². The van der Waals surface area contributed by atoms with E-state index in [0.29, 0.717) is 13.1 Å². The van der Waals surface area contributed by atoms with E-state index in [-0.39, 0.29) is 11.3 Å². The SMILES string of the molecule is O=c1c(O)c(CN2CCC(C3CCCCC3)CC2)ccn1Cc1ccccc1. The van der Waals surface area contributed by atoms with Crippen molar-refractivity contribution in [3.63, 3.8) is 0 Å². The van der Waals surface area contributed by atoms with Gasteiger partial charge >= 0.3 is 0 Å². The Morgan fingerprint density at radius 1 is 0.857 bits per heavy atom. The maximum atomic E-state index is 12.6. The lowest BCUT2D eigenvalue weighted by Gasteiger charge is -2.37. The fourth-order valence-corrected chi connectivity index (χ4v) is 5.06. The monoisotopic (exact) mass is 380 g/mol. The summed E-state index contributed by atoms with van der Waals surface area (Å²) in [5.41, 5.74) is 1.52. The van der Waals surface area contributed by atoms with Gasteiger partial charge in [0.1, 0.15) is 0 Å². The number of pyridine rings is 1. The first kappa shape index (κ1) is 19.3. The molecule has 4 nitrogen and oxygen atoms in total. The van der Waals surface area contributed by atoms with Crippen LogP contribution < -0.4 is 5.56 Å². The van der Waals surface area contributed by atoms with Gasteiger partial charge in [-0.1, -0.05) is 62.4 Å². The quantitative estimate of drug-likeness (QED) is 0.836. The number of aromatic nitrogens is 1. The molecule has 2 heterocycles. The molecule has 1 saturated carbocycles. The molecule has 0 bridgehead atoms. The molecule has 0 unspecified atom stereocenters. The van der Waals surface area contributed by atoms with Crippen LogP contribution in [0.2, 0.25) is 0 Å². The highest BCUT2D eigenvalue weighted by atomic mass is 16.3. The van der Waals surface area contributed by atoms with E-state index < -0.39 is 0 Å². The van der Waals surface area contributed by atoms with Crippen molar-refractivity contribution in [1.82, 2.24) is 9.47 Å². The Balaban J connectivity index is 1.36. The summed E-state index contributed by atoms with van der Waals surface area (Å²) in [5, 5.41) is 10.5. The van der Waals surface area contributed by atoms with Crippen LogP contribution >= 0.6 is 0 Å². The van der Waals surface area contributed by atoms with Crippen LogP contribution in [-0.4, -0.2) is 27.7 Å². The summed E-state index contributed by atoms with van der Waals surface area (Å²) in [4.78, 5) is 15.0. The molecule has 2 aliphatic rings. The van der Waals surface area contributed by atoms with E-state index in [4.69, 9.17) is 0 Å². The Bertz CT molecular complexity index is 816. The molecule has 0 radical (unpaired) electrons. The van der Waals surface area contributed by atoms with Crippen molar-refractivity contribution in [3.8, 4) is 5.75 Å². The summed E-state index contributed by atoms with van der Waals surface area (Å²) in [6.07, 6.45) is 11.4. The Morgan fingerprint density at radius 3 is 2.25 bits per heavy atom. The van der Waals surface area contributed by atoms with Gasteiger partial charge in [0.15, 0.2) is 5.75 Å². The Morgan fingerprint density at radius 2 is 1.54 bits per heavy atom. The summed E-state index contributed by atoms with van der Waals surface area (Å²) in [7, 11) is 0. The van der Waals surface area contributed by atoms with E-state index in [2.05, 4.69) is 4.90 Å². The molecule has 1 aliphatic carbocycles. The molecule has 4 rings (SSSR count). The van der Waals surface area contributed by atoms with Crippen molar-refractivity contribution in [2.75, 3.05) is 13.1 Å². The lowest BCUT2D eigenvalue weighted by atomic mass is 9.76. The predicted octanol–water partition coefficient (Wildman–Crippen LogP) is 4.39. The zero-order chi connectivity index (χ0) is 19.3. The van der Waals surface area contributed by atoms with Crippen LogP contribution in [0.3, 0.4) is 0 Å². The summed E-state index contributed by atoms with van der Waals surface area (Å²) >= 11 is 0. The van der Waals surface area contributed by atoms with Crippen LogP contribution in [0, 0.1) is 11.8 Å². The second kappa shape index (κ2) is 8.95. The molecular weight excluding hydrogens is 348 g/mol. The van der Waals surface area contributed by atoms with Gasteiger partial charge in [-0.3, -0.25) is 9.69 Å². The first-order valence-electron chi connectivity index (χ1n) is 10.9. The summed E-state index contributed by atoms with van der Waals surface area (Å²) in [6, 6.07) is 11.8. The van der Waals surface area contributed by atoms with Crippen LogP contribution in [0.5, 0.6) is 5.75 Å². The number of rotatable bonds is 5. The first-order valence-corrected chi connectivity index (χ1v) is 10.9. The molecule has 0 amide bonds. The third-order valence-corrected chi connectivity index (χ3v) is 6.76. The third kappa shape index (κ3) is 4.49. The van der Waals surface area contributed by atoms with E-state index >= 15 is 0 Å². The number of piperidine rings is 1. The highest BCUT2D eigenvalue weighted by Gasteiger charge is 2.28. The lowest BCUT2D eigenvalue weighted by molar-refractivity contribution is 0.122. The number of aromatic hydroxyl groups is 1. The minimum Gasteiger partial charge on any atom is -0.503 e. The van der Waals surface area contributed by atoms with Crippen LogP contribution in [-0.2, 0) is 13.1 Å². The van der Waals surface area contributed by atoms with Crippen molar-refractivity contribution in [1.29, 1.82) is 0 Å². The molecule has 0 atom stereocenters. The molecule has 1 aliphatic heterocycles. The van der Waals surface area contributed by atoms with E-state index in [0.717, 1.165) is 36.1 Å². The number of hydrogen-bond donors (Lipinski definition) is 1. The van der Waals surface area contributed by atoms with Gasteiger partial charge in [0, 0.05) is 18.3 Å². The molecular formula is C24H32N2O2. The molecule has 2 aromatic rings. The molecule has 28 heavy (non-hydrogen) atoms. The fraction of sp³-hybridized carbons (Fsp3) is 0.542. The Labute approximate surface area is 167 Å². The van der Waals surface area contributed by atoms with Gasteiger partial charge in [-0.05, 0) is 49.4 Å². The molecule has 4 heteroatoms. The number of likely N-dealkylation sites (tertiary alicyclic amines) is 1. The Kier molecular flexibility index (Phi) is 6.16. The van der Waals surface area contributed by atoms with Crippen molar-refractivity contribution in [3.05, 3.63) is 64.1 Å².